The Balaban J connectivity index is 1.76. The highest BCUT2D eigenvalue weighted by Gasteiger charge is 2.31. The molecule has 12 heteroatoms. The predicted molar refractivity (Wildman–Crippen MR) is 110 cm³/mol. The van der Waals surface area contributed by atoms with Gasteiger partial charge in [-0.2, -0.15) is 28.2 Å². The van der Waals surface area contributed by atoms with Gasteiger partial charge in [0.1, 0.15) is 11.4 Å². The molecule has 0 aliphatic carbocycles. The molecule has 0 unspecified atom stereocenters. The second kappa shape index (κ2) is 9.62. The van der Waals surface area contributed by atoms with Gasteiger partial charge in [-0.3, -0.25) is 4.79 Å². The molecular weight excluding hydrogens is 427 g/mol. The predicted octanol–water partition coefficient (Wildman–Crippen LogP) is 3.05. The Morgan fingerprint density at radius 1 is 1.22 bits per heavy atom. The molecule has 0 bridgehead atoms. The van der Waals surface area contributed by atoms with Crippen molar-refractivity contribution >= 4 is 11.9 Å². The van der Waals surface area contributed by atoms with Gasteiger partial charge in [-0.05, 0) is 26.0 Å². The lowest BCUT2D eigenvalue weighted by atomic mass is 10.1. The first-order chi connectivity index (χ1) is 15.2. The number of likely N-dealkylation sites (N-methyl/N-ethyl adjacent to an activating group) is 1. The Kier molecular flexibility index (Phi) is 6.91. The fraction of sp³-hybridized carbons (Fsp3) is 0.350. The highest BCUT2D eigenvalue weighted by molar-refractivity contribution is 5.98. The summed E-state index contributed by atoms with van der Waals surface area (Å²) in [5.74, 6) is 0.329. The first-order valence-corrected chi connectivity index (χ1v) is 9.73. The van der Waals surface area contributed by atoms with Gasteiger partial charge in [0, 0.05) is 37.6 Å². The zero-order valence-electron chi connectivity index (χ0n) is 17.7. The summed E-state index contributed by atoms with van der Waals surface area (Å²) in [5, 5.41) is 11.1. The second-order valence-electron chi connectivity index (χ2n) is 6.82. The molecule has 0 saturated heterocycles. The van der Waals surface area contributed by atoms with Crippen LogP contribution in [0, 0.1) is 0 Å². The third kappa shape index (κ3) is 5.13. The summed E-state index contributed by atoms with van der Waals surface area (Å²) < 4.78 is 43.2. The normalized spacial score (nSPS) is 12.3. The standard InChI is InChI=1S/C20H22F3N7O2/c1-4-29(13(2)10-24-19-25-11-14(12-26-19)20(21,22)23)18(31)16-6-5-15(32-3)9-17(16)30-27-7-8-28-30/h5-9,11-13H,4,10H2,1-3H3,(H,24,25,26)/t13-/m0/s1. The zero-order chi connectivity index (χ0) is 23.3. The van der Waals surface area contributed by atoms with Gasteiger partial charge in [-0.15, -0.1) is 0 Å². The number of alkyl halides is 3. The maximum atomic E-state index is 13.3. The van der Waals surface area contributed by atoms with E-state index in [0.29, 0.717) is 35.9 Å². The third-order valence-corrected chi connectivity index (χ3v) is 4.74. The average Bonchev–Trinajstić information content (AvgIpc) is 3.32. The third-order valence-electron chi connectivity index (χ3n) is 4.74. The molecule has 2 aromatic heterocycles. The Hall–Kier alpha value is -3.70. The van der Waals surface area contributed by atoms with E-state index in [-0.39, 0.29) is 24.4 Å². The van der Waals surface area contributed by atoms with Crippen LogP contribution < -0.4 is 10.1 Å². The van der Waals surface area contributed by atoms with E-state index >= 15 is 0 Å². The lowest BCUT2D eigenvalue weighted by Crippen LogP contribution is -2.42. The number of methoxy groups -OCH3 is 1. The van der Waals surface area contributed by atoms with Gasteiger partial charge in [-0.25, -0.2) is 9.97 Å². The van der Waals surface area contributed by atoms with Crippen LogP contribution in [-0.4, -0.2) is 62.0 Å². The first-order valence-electron chi connectivity index (χ1n) is 9.73. The molecule has 0 radical (unpaired) electrons. The van der Waals surface area contributed by atoms with Crippen LogP contribution >= 0.6 is 0 Å². The summed E-state index contributed by atoms with van der Waals surface area (Å²) in [6.45, 7) is 4.27. The van der Waals surface area contributed by atoms with E-state index in [2.05, 4.69) is 25.5 Å². The minimum Gasteiger partial charge on any atom is -0.497 e. The fourth-order valence-corrected chi connectivity index (χ4v) is 3.05. The molecule has 9 nitrogen and oxygen atoms in total. The molecule has 0 spiro atoms. The van der Waals surface area contributed by atoms with Gasteiger partial charge in [0.2, 0.25) is 5.95 Å². The molecule has 3 aromatic rings. The van der Waals surface area contributed by atoms with Crippen LogP contribution in [-0.2, 0) is 6.18 Å². The molecule has 32 heavy (non-hydrogen) atoms. The summed E-state index contributed by atoms with van der Waals surface area (Å²) >= 11 is 0. The molecule has 0 fully saturated rings. The number of benzene rings is 1. The van der Waals surface area contributed by atoms with Gasteiger partial charge < -0.3 is 15.0 Å². The van der Waals surface area contributed by atoms with E-state index in [4.69, 9.17) is 4.74 Å². The van der Waals surface area contributed by atoms with Crippen LogP contribution in [0.25, 0.3) is 5.69 Å². The Bertz CT molecular complexity index is 1040. The van der Waals surface area contributed by atoms with Gasteiger partial charge >= 0.3 is 6.18 Å². The van der Waals surface area contributed by atoms with Crippen molar-refractivity contribution in [2.45, 2.75) is 26.1 Å². The lowest BCUT2D eigenvalue weighted by molar-refractivity contribution is -0.138. The average molecular weight is 449 g/mol. The van der Waals surface area contributed by atoms with E-state index in [1.54, 1.807) is 23.1 Å². The van der Waals surface area contributed by atoms with Crippen LogP contribution in [0.5, 0.6) is 5.75 Å². The molecule has 0 aliphatic heterocycles. The van der Waals surface area contributed by atoms with E-state index in [9.17, 15) is 18.0 Å². The van der Waals surface area contributed by atoms with Crippen molar-refractivity contribution in [2.75, 3.05) is 25.5 Å². The number of carbonyl (C=O) groups excluding carboxylic acids is 1. The monoisotopic (exact) mass is 449 g/mol. The summed E-state index contributed by atoms with van der Waals surface area (Å²) in [6, 6.07) is 4.66. The number of nitrogens with zero attached hydrogens (tertiary/aromatic N) is 6. The number of carbonyl (C=O) groups is 1. The Morgan fingerprint density at radius 2 is 1.88 bits per heavy atom. The zero-order valence-corrected chi connectivity index (χ0v) is 17.7. The number of anilines is 1. The number of halogens is 3. The van der Waals surface area contributed by atoms with Gasteiger partial charge in [-0.1, -0.05) is 0 Å². The van der Waals surface area contributed by atoms with E-state index in [0.717, 1.165) is 0 Å². The van der Waals surface area contributed by atoms with E-state index < -0.39 is 11.7 Å². The summed E-state index contributed by atoms with van der Waals surface area (Å²) in [7, 11) is 1.52. The van der Waals surface area contributed by atoms with Crippen molar-refractivity contribution in [1.29, 1.82) is 0 Å². The number of ether oxygens (including phenoxy) is 1. The quantitative estimate of drug-likeness (QED) is 0.564. The van der Waals surface area contributed by atoms with Gasteiger partial charge in [0.25, 0.3) is 5.91 Å². The molecule has 1 atom stereocenters. The van der Waals surface area contributed by atoms with Crippen molar-refractivity contribution in [1.82, 2.24) is 29.9 Å². The highest BCUT2D eigenvalue weighted by Crippen LogP contribution is 2.28. The van der Waals surface area contributed by atoms with Crippen LogP contribution in [0.15, 0.2) is 43.0 Å². The van der Waals surface area contributed by atoms with Crippen LogP contribution in [0.3, 0.4) is 0 Å². The van der Waals surface area contributed by atoms with Gasteiger partial charge in [0.05, 0.1) is 30.6 Å². The minimum absolute atomic E-state index is 0.0410. The fourth-order valence-electron chi connectivity index (χ4n) is 3.05. The Labute approximate surface area is 182 Å². The van der Waals surface area contributed by atoms with Crippen molar-refractivity contribution < 1.29 is 22.7 Å². The minimum atomic E-state index is -4.50. The maximum absolute atomic E-state index is 13.3. The summed E-state index contributed by atoms with van der Waals surface area (Å²) in [6.07, 6.45) is -0.0759. The molecule has 2 heterocycles. The van der Waals surface area contributed by atoms with Crippen molar-refractivity contribution in [3.63, 3.8) is 0 Å². The topological polar surface area (TPSA) is 98.1 Å². The molecule has 0 saturated carbocycles. The van der Waals surface area contributed by atoms with E-state index in [1.165, 1.54) is 24.3 Å². The first kappa shape index (κ1) is 23.0. The highest BCUT2D eigenvalue weighted by atomic mass is 19.4. The summed E-state index contributed by atoms with van der Waals surface area (Å²) in [5.41, 5.74) is -0.0914. The van der Waals surface area contributed by atoms with Crippen molar-refractivity contribution in [3.8, 4) is 11.4 Å². The molecule has 170 valence electrons. The molecule has 1 amide bonds. The van der Waals surface area contributed by atoms with Gasteiger partial charge in [0.15, 0.2) is 0 Å². The van der Waals surface area contributed by atoms with E-state index in [1.807, 2.05) is 13.8 Å². The van der Waals surface area contributed by atoms with Crippen LogP contribution in [0.1, 0.15) is 29.8 Å². The van der Waals surface area contributed by atoms with Crippen LogP contribution in [0.4, 0.5) is 19.1 Å². The Morgan fingerprint density at radius 3 is 2.44 bits per heavy atom. The molecular formula is C20H22F3N7O2. The largest absolute Gasteiger partial charge is 0.497 e. The van der Waals surface area contributed by atoms with Crippen molar-refractivity contribution in [2.24, 2.45) is 0 Å². The molecule has 1 N–H and O–H groups in total. The molecule has 3 rings (SSSR count). The maximum Gasteiger partial charge on any atom is 0.419 e. The molecule has 0 aliphatic rings. The number of aromatic nitrogens is 5. The number of rotatable bonds is 8. The second-order valence-corrected chi connectivity index (χ2v) is 6.82. The summed E-state index contributed by atoms with van der Waals surface area (Å²) in [4.78, 5) is 23.7. The SMILES string of the molecule is CCN(C(=O)c1ccc(OC)cc1-n1nccn1)[C@@H](C)CNc1ncc(C(F)(F)F)cn1. The molecule has 1 aromatic carbocycles. The number of amides is 1. The smallest absolute Gasteiger partial charge is 0.419 e. The lowest BCUT2D eigenvalue weighted by Gasteiger charge is -2.29. The van der Waals surface area contributed by atoms with Crippen molar-refractivity contribution in [3.05, 3.63) is 54.1 Å². The van der Waals surface area contributed by atoms with Crippen LogP contribution in [0.2, 0.25) is 0 Å². The number of hydrogen-bond acceptors (Lipinski definition) is 7. The number of nitrogens with one attached hydrogen (secondary N) is 1. The number of hydrogen-bond donors (Lipinski definition) is 1.